The number of carbonyl (C=O) groups excluding carboxylic acids is 2. The predicted octanol–water partition coefficient (Wildman–Crippen LogP) is 1.61. The van der Waals surface area contributed by atoms with Crippen LogP contribution >= 0.6 is 0 Å². The molecule has 28 heavy (non-hydrogen) atoms. The van der Waals surface area contributed by atoms with Crippen LogP contribution in [-0.4, -0.2) is 53.4 Å². The maximum atomic E-state index is 12.8. The summed E-state index contributed by atoms with van der Waals surface area (Å²) in [5, 5.41) is 10.3. The molecular formula is C20H23N5O3. The van der Waals surface area contributed by atoms with Gasteiger partial charge in [-0.15, -0.1) is 0 Å². The predicted molar refractivity (Wildman–Crippen MR) is 106 cm³/mol. The first-order chi connectivity index (χ1) is 13.6. The first kappa shape index (κ1) is 19.5. The molecule has 0 aliphatic carbocycles. The second-order valence-corrected chi connectivity index (χ2v) is 6.14. The molecule has 8 heteroatoms. The molecule has 0 unspecified atom stereocenters. The van der Waals surface area contributed by atoms with Gasteiger partial charge in [-0.1, -0.05) is 30.3 Å². The van der Waals surface area contributed by atoms with Crippen LogP contribution in [0.1, 0.15) is 17.3 Å². The molecule has 0 aliphatic heterocycles. The summed E-state index contributed by atoms with van der Waals surface area (Å²) < 4.78 is 6.63. The fourth-order valence-corrected chi connectivity index (χ4v) is 2.83. The fraction of sp³-hybridized carbons (Fsp3) is 0.300. The Kier molecular flexibility index (Phi) is 6.33. The van der Waals surface area contributed by atoms with E-state index in [9.17, 15) is 9.59 Å². The topological polar surface area (TPSA) is 98.1 Å². The number of nitrogens with one attached hydrogen (secondary N) is 2. The molecule has 0 radical (unpaired) electrons. The summed E-state index contributed by atoms with van der Waals surface area (Å²) >= 11 is 0. The first-order valence-corrected chi connectivity index (χ1v) is 9.09. The van der Waals surface area contributed by atoms with Crippen molar-refractivity contribution < 1.29 is 14.3 Å². The van der Waals surface area contributed by atoms with Crippen LogP contribution in [0.15, 0.2) is 42.6 Å². The van der Waals surface area contributed by atoms with Gasteiger partial charge in [0.2, 0.25) is 5.91 Å². The summed E-state index contributed by atoms with van der Waals surface area (Å²) in [7, 11) is 1.56. The van der Waals surface area contributed by atoms with E-state index in [1.807, 2.05) is 37.3 Å². The maximum Gasteiger partial charge on any atom is 0.252 e. The van der Waals surface area contributed by atoms with Crippen LogP contribution in [-0.2, 0) is 16.1 Å². The average molecular weight is 381 g/mol. The number of carbonyl (C=O) groups is 2. The Balaban J connectivity index is 1.88. The summed E-state index contributed by atoms with van der Waals surface area (Å²) in [6.45, 7) is 3.30. The largest absolute Gasteiger partial charge is 0.383 e. The van der Waals surface area contributed by atoms with E-state index in [0.29, 0.717) is 42.0 Å². The molecule has 0 spiro atoms. The lowest BCUT2D eigenvalue weighted by molar-refractivity contribution is -0.120. The third-order valence-corrected chi connectivity index (χ3v) is 4.26. The molecule has 8 nitrogen and oxygen atoms in total. The van der Waals surface area contributed by atoms with Crippen molar-refractivity contribution in [3.63, 3.8) is 0 Å². The van der Waals surface area contributed by atoms with Crippen LogP contribution in [0.4, 0.5) is 0 Å². The van der Waals surface area contributed by atoms with E-state index in [1.165, 1.54) is 0 Å². The van der Waals surface area contributed by atoms with Crippen molar-refractivity contribution in [2.75, 3.05) is 26.8 Å². The maximum absolute atomic E-state index is 12.8. The zero-order valence-corrected chi connectivity index (χ0v) is 15.9. The molecule has 3 aromatic rings. The van der Waals surface area contributed by atoms with Gasteiger partial charge in [0.25, 0.3) is 5.91 Å². The van der Waals surface area contributed by atoms with Gasteiger partial charge in [-0.25, -0.2) is 9.67 Å². The van der Waals surface area contributed by atoms with Gasteiger partial charge in [0.1, 0.15) is 0 Å². The number of methoxy groups -OCH3 is 1. The lowest BCUT2D eigenvalue weighted by Gasteiger charge is -2.10. The normalized spacial score (nSPS) is 10.8. The van der Waals surface area contributed by atoms with Crippen molar-refractivity contribution in [2.45, 2.75) is 13.5 Å². The molecule has 0 saturated carbocycles. The SMILES string of the molecule is CCn1ncc2c(C(=O)NCC(=O)NCCOC)cc(-c3ccccc3)nc21. The summed E-state index contributed by atoms with van der Waals surface area (Å²) in [5.41, 5.74) is 2.66. The van der Waals surface area contributed by atoms with Crippen molar-refractivity contribution >= 4 is 22.8 Å². The number of benzene rings is 1. The van der Waals surface area contributed by atoms with Crippen molar-refractivity contribution in [3.05, 3.63) is 48.2 Å². The van der Waals surface area contributed by atoms with Gasteiger partial charge >= 0.3 is 0 Å². The smallest absolute Gasteiger partial charge is 0.252 e. The highest BCUT2D eigenvalue weighted by atomic mass is 16.5. The van der Waals surface area contributed by atoms with Gasteiger partial charge < -0.3 is 15.4 Å². The highest BCUT2D eigenvalue weighted by molar-refractivity contribution is 6.07. The van der Waals surface area contributed by atoms with Crippen LogP contribution in [0.2, 0.25) is 0 Å². The van der Waals surface area contributed by atoms with Gasteiger partial charge in [0.05, 0.1) is 36.0 Å². The number of aromatic nitrogens is 3. The van der Waals surface area contributed by atoms with Gasteiger partial charge in [-0.2, -0.15) is 5.10 Å². The quantitative estimate of drug-likeness (QED) is 0.578. The first-order valence-electron chi connectivity index (χ1n) is 9.09. The standard InChI is InChI=1S/C20H23N5O3/c1-3-25-19-16(12-23-25)15(11-17(24-19)14-7-5-4-6-8-14)20(27)22-13-18(26)21-9-10-28-2/h4-8,11-12H,3,9-10,13H2,1-2H3,(H,21,26)(H,22,27). The molecule has 2 aromatic heterocycles. The Morgan fingerprint density at radius 2 is 1.96 bits per heavy atom. The summed E-state index contributed by atoms with van der Waals surface area (Å²) in [6.07, 6.45) is 1.63. The number of fused-ring (bicyclic) bond motifs is 1. The Hall–Kier alpha value is -3.26. The van der Waals surface area contributed by atoms with Gasteiger partial charge in [0, 0.05) is 25.8 Å². The van der Waals surface area contributed by atoms with Crippen LogP contribution in [0.5, 0.6) is 0 Å². The van der Waals surface area contributed by atoms with Crippen molar-refractivity contribution in [2.24, 2.45) is 0 Å². The molecule has 1 aromatic carbocycles. The number of ether oxygens (including phenoxy) is 1. The Labute approximate surface area is 162 Å². The Morgan fingerprint density at radius 3 is 2.68 bits per heavy atom. The number of aryl methyl sites for hydroxylation is 1. The third kappa shape index (κ3) is 4.34. The molecule has 146 valence electrons. The van der Waals surface area contributed by atoms with E-state index in [4.69, 9.17) is 9.72 Å². The highest BCUT2D eigenvalue weighted by Gasteiger charge is 2.17. The van der Waals surface area contributed by atoms with Crippen molar-refractivity contribution in [1.82, 2.24) is 25.4 Å². The Bertz CT molecular complexity index is 969. The van der Waals surface area contributed by atoms with Crippen LogP contribution in [0.25, 0.3) is 22.3 Å². The molecule has 2 N–H and O–H groups in total. The molecular weight excluding hydrogens is 358 g/mol. The van der Waals surface area contributed by atoms with Crippen LogP contribution in [0.3, 0.4) is 0 Å². The van der Waals surface area contributed by atoms with Crippen molar-refractivity contribution in [3.8, 4) is 11.3 Å². The van der Waals surface area contributed by atoms with Gasteiger partial charge in [-0.05, 0) is 13.0 Å². The van der Waals surface area contributed by atoms with Gasteiger partial charge in [0.15, 0.2) is 5.65 Å². The molecule has 0 bridgehead atoms. The number of rotatable bonds is 8. The summed E-state index contributed by atoms with van der Waals surface area (Å²) in [6, 6.07) is 11.4. The van der Waals surface area contributed by atoms with Crippen molar-refractivity contribution in [1.29, 1.82) is 0 Å². The number of hydrogen-bond donors (Lipinski definition) is 2. The fourth-order valence-electron chi connectivity index (χ4n) is 2.83. The lowest BCUT2D eigenvalue weighted by Crippen LogP contribution is -2.38. The molecule has 0 saturated heterocycles. The molecule has 0 fully saturated rings. The number of amides is 2. The number of pyridine rings is 1. The second kappa shape index (κ2) is 9.09. The monoisotopic (exact) mass is 381 g/mol. The molecule has 2 heterocycles. The number of nitrogens with zero attached hydrogens (tertiary/aromatic N) is 3. The minimum absolute atomic E-state index is 0.116. The zero-order valence-electron chi connectivity index (χ0n) is 15.9. The summed E-state index contributed by atoms with van der Waals surface area (Å²) in [4.78, 5) is 29.3. The van der Waals surface area contributed by atoms with E-state index in [0.717, 1.165) is 5.56 Å². The third-order valence-electron chi connectivity index (χ3n) is 4.26. The molecule has 2 amide bonds. The lowest BCUT2D eigenvalue weighted by atomic mass is 10.1. The molecule has 0 atom stereocenters. The van der Waals surface area contributed by atoms with Crippen LogP contribution < -0.4 is 10.6 Å². The Morgan fingerprint density at radius 1 is 1.18 bits per heavy atom. The van der Waals surface area contributed by atoms with E-state index >= 15 is 0 Å². The van der Waals surface area contributed by atoms with Gasteiger partial charge in [-0.3, -0.25) is 9.59 Å². The summed E-state index contributed by atoms with van der Waals surface area (Å²) in [5.74, 6) is -0.620. The molecule has 0 aliphatic rings. The zero-order chi connectivity index (χ0) is 19.9. The van der Waals surface area contributed by atoms with E-state index in [1.54, 1.807) is 24.1 Å². The van der Waals surface area contributed by atoms with E-state index < -0.39 is 0 Å². The average Bonchev–Trinajstić information content (AvgIpc) is 3.15. The second-order valence-electron chi connectivity index (χ2n) is 6.14. The number of hydrogen-bond acceptors (Lipinski definition) is 5. The van der Waals surface area contributed by atoms with E-state index in [2.05, 4.69) is 15.7 Å². The van der Waals surface area contributed by atoms with E-state index in [-0.39, 0.29) is 18.4 Å². The highest BCUT2D eigenvalue weighted by Crippen LogP contribution is 2.24. The van der Waals surface area contributed by atoms with Crippen LogP contribution in [0, 0.1) is 0 Å². The minimum atomic E-state index is -0.345. The molecule has 3 rings (SSSR count). The minimum Gasteiger partial charge on any atom is -0.383 e.